The predicted molar refractivity (Wildman–Crippen MR) is 55.0 cm³/mol. The van der Waals surface area contributed by atoms with Gasteiger partial charge in [-0.1, -0.05) is 13.0 Å². The maximum atomic E-state index is 13.3. The molecule has 0 aliphatic rings. The Kier molecular flexibility index (Phi) is 3.66. The van der Waals surface area contributed by atoms with Gasteiger partial charge in [-0.2, -0.15) is 0 Å². The number of nitrogens with two attached hydrogens (primary N) is 1. The van der Waals surface area contributed by atoms with Crippen LogP contribution in [0.2, 0.25) is 0 Å². The van der Waals surface area contributed by atoms with Crippen LogP contribution in [-0.4, -0.2) is 13.0 Å². The molecule has 0 saturated carbocycles. The average molecular weight is 211 g/mol. The van der Waals surface area contributed by atoms with Gasteiger partial charge in [0.25, 0.3) is 0 Å². The van der Waals surface area contributed by atoms with Gasteiger partial charge >= 0.3 is 0 Å². The third-order valence-corrected chi connectivity index (χ3v) is 2.24. The topological polar surface area (TPSA) is 52.3 Å². The van der Waals surface area contributed by atoms with Crippen molar-refractivity contribution >= 4 is 5.91 Å². The first kappa shape index (κ1) is 11.5. The smallest absolute Gasteiger partial charge is 0.220 e. The highest BCUT2D eigenvalue weighted by Gasteiger charge is 2.11. The monoisotopic (exact) mass is 211 g/mol. The minimum absolute atomic E-state index is 0.200. The van der Waals surface area contributed by atoms with Crippen LogP contribution in [0.25, 0.3) is 0 Å². The molecule has 82 valence electrons. The first-order valence-corrected chi connectivity index (χ1v) is 4.66. The SMILES string of the molecule is COc1ccc(CC(C)C(N)=O)cc1F. The zero-order valence-electron chi connectivity index (χ0n) is 8.79. The summed E-state index contributed by atoms with van der Waals surface area (Å²) < 4.78 is 18.0. The molecule has 1 rings (SSSR count). The Morgan fingerprint density at radius 1 is 1.60 bits per heavy atom. The Labute approximate surface area is 88.0 Å². The van der Waals surface area contributed by atoms with Gasteiger partial charge in [0, 0.05) is 5.92 Å². The van der Waals surface area contributed by atoms with Gasteiger partial charge in [0.15, 0.2) is 11.6 Å². The van der Waals surface area contributed by atoms with Crippen molar-refractivity contribution in [1.82, 2.24) is 0 Å². The molecule has 0 heterocycles. The average Bonchev–Trinajstić information content (AvgIpc) is 2.18. The third kappa shape index (κ3) is 2.94. The van der Waals surface area contributed by atoms with Crippen LogP contribution >= 0.6 is 0 Å². The van der Waals surface area contributed by atoms with Crippen molar-refractivity contribution in [3.63, 3.8) is 0 Å². The maximum absolute atomic E-state index is 13.3. The lowest BCUT2D eigenvalue weighted by molar-refractivity contribution is -0.121. The maximum Gasteiger partial charge on any atom is 0.220 e. The van der Waals surface area contributed by atoms with Crippen molar-refractivity contribution in [2.45, 2.75) is 13.3 Å². The van der Waals surface area contributed by atoms with E-state index in [4.69, 9.17) is 10.5 Å². The fourth-order valence-electron chi connectivity index (χ4n) is 1.29. The van der Waals surface area contributed by atoms with Gasteiger partial charge in [-0.3, -0.25) is 4.79 Å². The molecule has 2 N–H and O–H groups in total. The van der Waals surface area contributed by atoms with E-state index in [1.807, 2.05) is 0 Å². The molecule has 1 atom stereocenters. The van der Waals surface area contributed by atoms with E-state index >= 15 is 0 Å². The molecule has 0 spiro atoms. The summed E-state index contributed by atoms with van der Waals surface area (Å²) in [7, 11) is 1.41. The van der Waals surface area contributed by atoms with Gasteiger partial charge in [0.2, 0.25) is 5.91 Å². The number of carbonyl (C=O) groups excluding carboxylic acids is 1. The molecule has 0 aliphatic heterocycles. The second-order valence-corrected chi connectivity index (χ2v) is 3.48. The Morgan fingerprint density at radius 2 is 2.27 bits per heavy atom. The summed E-state index contributed by atoms with van der Waals surface area (Å²) in [4.78, 5) is 10.8. The fourth-order valence-corrected chi connectivity index (χ4v) is 1.29. The number of primary amides is 1. The lowest BCUT2D eigenvalue weighted by atomic mass is 10.0. The molecule has 0 radical (unpaired) electrons. The molecule has 0 aliphatic carbocycles. The van der Waals surface area contributed by atoms with E-state index < -0.39 is 5.82 Å². The van der Waals surface area contributed by atoms with E-state index in [0.29, 0.717) is 6.42 Å². The minimum atomic E-state index is -0.424. The van der Waals surface area contributed by atoms with Crippen LogP contribution in [0.3, 0.4) is 0 Å². The number of hydrogen-bond donors (Lipinski definition) is 1. The zero-order chi connectivity index (χ0) is 11.4. The number of amides is 1. The van der Waals surface area contributed by atoms with Gasteiger partial charge < -0.3 is 10.5 Å². The van der Waals surface area contributed by atoms with E-state index in [1.165, 1.54) is 13.2 Å². The molecule has 15 heavy (non-hydrogen) atoms. The highest BCUT2D eigenvalue weighted by atomic mass is 19.1. The number of methoxy groups -OCH3 is 1. The summed E-state index contributed by atoms with van der Waals surface area (Å²) in [6.45, 7) is 1.71. The molecule has 1 amide bonds. The summed E-state index contributed by atoms with van der Waals surface area (Å²) in [6, 6.07) is 4.62. The van der Waals surface area contributed by atoms with Gasteiger partial charge in [-0.05, 0) is 24.1 Å². The van der Waals surface area contributed by atoms with Crippen molar-refractivity contribution in [1.29, 1.82) is 0 Å². The molecule has 0 saturated heterocycles. The first-order valence-electron chi connectivity index (χ1n) is 4.66. The molecule has 1 aromatic rings. The van der Waals surface area contributed by atoms with Gasteiger partial charge in [0.1, 0.15) is 0 Å². The molecular weight excluding hydrogens is 197 g/mol. The molecule has 0 aromatic heterocycles. The second-order valence-electron chi connectivity index (χ2n) is 3.48. The third-order valence-electron chi connectivity index (χ3n) is 2.24. The highest BCUT2D eigenvalue weighted by Crippen LogP contribution is 2.19. The number of halogens is 1. The Hall–Kier alpha value is -1.58. The van der Waals surface area contributed by atoms with Gasteiger partial charge in [-0.15, -0.1) is 0 Å². The summed E-state index contributed by atoms with van der Waals surface area (Å²) in [5.74, 6) is -0.902. The van der Waals surface area contributed by atoms with Gasteiger partial charge in [0.05, 0.1) is 7.11 Å². The number of benzene rings is 1. The molecule has 3 nitrogen and oxygen atoms in total. The number of ether oxygens (including phenoxy) is 1. The summed E-state index contributed by atoms with van der Waals surface area (Å²) in [6.07, 6.45) is 0.441. The Bertz CT molecular complexity index is 366. The number of rotatable bonds is 4. The number of hydrogen-bond acceptors (Lipinski definition) is 2. The lowest BCUT2D eigenvalue weighted by Crippen LogP contribution is -2.22. The van der Waals surface area contributed by atoms with Crippen molar-refractivity contribution in [2.75, 3.05) is 7.11 Å². The quantitative estimate of drug-likeness (QED) is 0.820. The van der Waals surface area contributed by atoms with Gasteiger partial charge in [-0.25, -0.2) is 4.39 Å². The second kappa shape index (κ2) is 4.77. The van der Waals surface area contributed by atoms with Crippen LogP contribution in [0.15, 0.2) is 18.2 Å². The standard InChI is InChI=1S/C11H14FNO2/c1-7(11(13)14)5-8-3-4-10(15-2)9(12)6-8/h3-4,6-7H,5H2,1-2H3,(H2,13,14). The largest absolute Gasteiger partial charge is 0.494 e. The summed E-state index contributed by atoms with van der Waals surface area (Å²) in [5.41, 5.74) is 5.86. The van der Waals surface area contributed by atoms with Crippen molar-refractivity contribution in [3.05, 3.63) is 29.6 Å². The van der Waals surface area contributed by atoms with E-state index in [-0.39, 0.29) is 17.6 Å². The predicted octanol–water partition coefficient (Wildman–Crippen LogP) is 1.50. The van der Waals surface area contributed by atoms with Crippen LogP contribution in [0.5, 0.6) is 5.75 Å². The summed E-state index contributed by atoms with van der Waals surface area (Å²) >= 11 is 0. The number of carbonyl (C=O) groups is 1. The first-order chi connectivity index (χ1) is 7.04. The minimum Gasteiger partial charge on any atom is -0.494 e. The zero-order valence-corrected chi connectivity index (χ0v) is 8.79. The molecular formula is C11H14FNO2. The van der Waals surface area contributed by atoms with E-state index in [0.717, 1.165) is 5.56 Å². The van der Waals surface area contributed by atoms with Crippen LogP contribution in [-0.2, 0) is 11.2 Å². The Balaban J connectivity index is 2.79. The molecule has 0 bridgehead atoms. The molecule has 1 unspecified atom stereocenters. The molecule has 1 aromatic carbocycles. The van der Waals surface area contributed by atoms with Crippen LogP contribution in [0, 0.1) is 11.7 Å². The molecule has 0 fully saturated rings. The van der Waals surface area contributed by atoms with Crippen LogP contribution in [0.1, 0.15) is 12.5 Å². The fraction of sp³-hybridized carbons (Fsp3) is 0.364. The van der Waals surface area contributed by atoms with Crippen molar-refractivity contribution in [3.8, 4) is 5.75 Å². The highest BCUT2D eigenvalue weighted by molar-refractivity contribution is 5.76. The van der Waals surface area contributed by atoms with Crippen LogP contribution < -0.4 is 10.5 Å². The van der Waals surface area contributed by atoms with Crippen molar-refractivity contribution < 1.29 is 13.9 Å². The van der Waals surface area contributed by atoms with E-state index in [9.17, 15) is 9.18 Å². The molecule has 4 heteroatoms. The van der Waals surface area contributed by atoms with E-state index in [2.05, 4.69) is 0 Å². The van der Waals surface area contributed by atoms with Crippen LogP contribution in [0.4, 0.5) is 4.39 Å². The van der Waals surface area contributed by atoms with Crippen molar-refractivity contribution in [2.24, 2.45) is 11.7 Å². The Morgan fingerprint density at radius 3 is 2.73 bits per heavy atom. The summed E-state index contributed by atoms with van der Waals surface area (Å²) in [5, 5.41) is 0. The normalized spacial score (nSPS) is 12.2. The lowest BCUT2D eigenvalue weighted by Gasteiger charge is -2.08. The van der Waals surface area contributed by atoms with E-state index in [1.54, 1.807) is 19.1 Å².